The summed E-state index contributed by atoms with van der Waals surface area (Å²) >= 11 is 5.53. The number of rotatable bonds is 6. The third-order valence-electron chi connectivity index (χ3n) is 6.03. The molecule has 0 amide bonds. The van der Waals surface area contributed by atoms with Crippen LogP contribution in [0.2, 0.25) is 0 Å². The molecule has 33 heavy (non-hydrogen) atoms. The van der Waals surface area contributed by atoms with Crippen LogP contribution in [0, 0.1) is 13.8 Å². The van der Waals surface area contributed by atoms with Gasteiger partial charge in [0.05, 0.1) is 19.7 Å². The normalized spacial score (nSPS) is 14.1. The molecule has 0 atom stereocenters. The summed E-state index contributed by atoms with van der Waals surface area (Å²) in [5.41, 5.74) is 7.14. The van der Waals surface area contributed by atoms with Crippen molar-refractivity contribution in [1.82, 2.24) is 15.4 Å². The highest BCUT2D eigenvalue weighted by Gasteiger charge is 2.15. The first-order valence-corrected chi connectivity index (χ1v) is 11.5. The molecule has 0 aliphatic carbocycles. The number of nitrogens with one attached hydrogen (secondary N) is 2. The molecule has 8 heteroatoms. The quantitative estimate of drug-likeness (QED) is 0.472. The van der Waals surface area contributed by atoms with Crippen molar-refractivity contribution in [2.75, 3.05) is 32.6 Å². The smallest absolute Gasteiger partial charge is 0.185 e. The van der Waals surface area contributed by atoms with Crippen molar-refractivity contribution in [2.24, 2.45) is 0 Å². The topological polar surface area (TPSA) is 67.9 Å². The zero-order valence-corrected chi connectivity index (χ0v) is 20.3. The Labute approximate surface area is 200 Å². The van der Waals surface area contributed by atoms with E-state index in [0.717, 1.165) is 46.6 Å². The van der Waals surface area contributed by atoms with Crippen LogP contribution in [-0.4, -0.2) is 42.4 Å². The number of hydrogen-bond acceptors (Lipinski definition) is 6. The molecule has 0 bridgehead atoms. The highest BCUT2D eigenvalue weighted by atomic mass is 32.1. The van der Waals surface area contributed by atoms with E-state index in [1.165, 1.54) is 19.3 Å². The van der Waals surface area contributed by atoms with E-state index in [1.54, 1.807) is 20.4 Å². The van der Waals surface area contributed by atoms with Gasteiger partial charge < -0.3 is 19.5 Å². The van der Waals surface area contributed by atoms with Crippen molar-refractivity contribution in [1.29, 1.82) is 0 Å². The Balaban J connectivity index is 1.55. The number of benzene rings is 2. The van der Waals surface area contributed by atoms with Crippen molar-refractivity contribution in [3.63, 3.8) is 0 Å². The number of hydrazine groups is 1. The molecule has 174 valence electrons. The van der Waals surface area contributed by atoms with Crippen molar-refractivity contribution < 1.29 is 14.2 Å². The average molecular weight is 467 g/mol. The number of anilines is 1. The molecule has 7 nitrogen and oxygen atoms in total. The van der Waals surface area contributed by atoms with Crippen LogP contribution in [0.4, 0.5) is 5.69 Å². The molecular formula is C25H30N4O3S. The maximum Gasteiger partial charge on any atom is 0.185 e. The molecule has 1 aliphatic rings. The molecule has 4 rings (SSSR count). The van der Waals surface area contributed by atoms with E-state index < -0.39 is 0 Å². The molecule has 0 saturated carbocycles. The van der Waals surface area contributed by atoms with Crippen LogP contribution < -0.4 is 25.0 Å². The summed E-state index contributed by atoms with van der Waals surface area (Å²) in [5.74, 6) is 2.73. The number of methoxy groups -OCH3 is 2. The predicted octanol–water partition coefficient (Wildman–Crippen LogP) is 5.35. The van der Waals surface area contributed by atoms with Gasteiger partial charge in [0.1, 0.15) is 11.5 Å². The van der Waals surface area contributed by atoms with Crippen LogP contribution in [0.15, 0.2) is 36.5 Å². The predicted molar refractivity (Wildman–Crippen MR) is 136 cm³/mol. The van der Waals surface area contributed by atoms with Gasteiger partial charge in [-0.05, 0) is 74.3 Å². The third-order valence-corrected chi connectivity index (χ3v) is 6.22. The molecule has 2 N–H and O–H groups in total. The number of nitrogens with zero attached hydrogens (tertiary/aromatic N) is 2. The van der Waals surface area contributed by atoms with Gasteiger partial charge in [-0.2, -0.15) is 0 Å². The minimum absolute atomic E-state index is 0.606. The Kier molecular flexibility index (Phi) is 7.15. The molecule has 2 aromatic carbocycles. The van der Waals surface area contributed by atoms with Gasteiger partial charge in [0.15, 0.2) is 16.6 Å². The fourth-order valence-corrected chi connectivity index (χ4v) is 4.24. The fourth-order valence-electron chi connectivity index (χ4n) is 4.00. The van der Waals surface area contributed by atoms with E-state index >= 15 is 0 Å². The number of ether oxygens (including phenoxy) is 3. The monoisotopic (exact) mass is 466 g/mol. The Bertz CT molecular complexity index is 1160. The molecule has 1 aliphatic heterocycles. The number of piperidine rings is 1. The Morgan fingerprint density at radius 2 is 1.64 bits per heavy atom. The molecule has 1 aromatic heterocycles. The second kappa shape index (κ2) is 10.2. The molecule has 0 radical (unpaired) electrons. The lowest BCUT2D eigenvalue weighted by Gasteiger charge is -2.28. The van der Waals surface area contributed by atoms with Gasteiger partial charge >= 0.3 is 0 Å². The fraction of sp³-hybridized carbons (Fsp3) is 0.360. The maximum absolute atomic E-state index is 6.34. The van der Waals surface area contributed by atoms with E-state index in [9.17, 15) is 0 Å². The second-order valence-electron chi connectivity index (χ2n) is 8.11. The Morgan fingerprint density at radius 1 is 0.909 bits per heavy atom. The van der Waals surface area contributed by atoms with E-state index in [-0.39, 0.29) is 0 Å². The van der Waals surface area contributed by atoms with Crippen LogP contribution >= 0.6 is 12.2 Å². The second-order valence-corrected chi connectivity index (χ2v) is 8.52. The molecule has 0 unspecified atom stereocenters. The minimum atomic E-state index is 0.606. The first kappa shape index (κ1) is 23.1. The summed E-state index contributed by atoms with van der Waals surface area (Å²) in [6.45, 7) is 6.14. The van der Waals surface area contributed by atoms with Crippen LogP contribution in [0.5, 0.6) is 23.0 Å². The summed E-state index contributed by atoms with van der Waals surface area (Å²) in [4.78, 5) is 4.45. The van der Waals surface area contributed by atoms with Gasteiger partial charge in [0.25, 0.3) is 0 Å². The number of thiocarbonyl (C=S) groups is 1. The lowest BCUT2D eigenvalue weighted by atomic mass is 10.1. The molecule has 1 saturated heterocycles. The van der Waals surface area contributed by atoms with Gasteiger partial charge in [-0.25, -0.2) is 5.01 Å². The van der Waals surface area contributed by atoms with E-state index in [4.69, 9.17) is 26.4 Å². The number of hydrogen-bond donors (Lipinski definition) is 2. The van der Waals surface area contributed by atoms with Crippen LogP contribution in [0.3, 0.4) is 0 Å². The van der Waals surface area contributed by atoms with E-state index in [0.29, 0.717) is 22.4 Å². The summed E-state index contributed by atoms with van der Waals surface area (Å²) in [6.07, 6.45) is 5.40. The maximum atomic E-state index is 6.34. The van der Waals surface area contributed by atoms with Crippen molar-refractivity contribution in [2.45, 2.75) is 33.1 Å². The minimum Gasteiger partial charge on any atom is -0.493 e. The number of pyridine rings is 1. The van der Waals surface area contributed by atoms with Crippen molar-refractivity contribution >= 4 is 33.9 Å². The summed E-state index contributed by atoms with van der Waals surface area (Å²) in [6, 6.07) is 9.55. The van der Waals surface area contributed by atoms with Gasteiger partial charge in [0, 0.05) is 36.4 Å². The van der Waals surface area contributed by atoms with Gasteiger partial charge in [-0.15, -0.1) is 0 Å². The molecule has 0 spiro atoms. The van der Waals surface area contributed by atoms with Crippen LogP contribution in [0.25, 0.3) is 10.9 Å². The lowest BCUT2D eigenvalue weighted by molar-refractivity contribution is 0.196. The first-order chi connectivity index (χ1) is 16.0. The lowest BCUT2D eigenvalue weighted by Crippen LogP contribution is -2.46. The molecule has 3 aromatic rings. The van der Waals surface area contributed by atoms with E-state index in [1.807, 2.05) is 37.3 Å². The third kappa shape index (κ3) is 5.12. The largest absolute Gasteiger partial charge is 0.493 e. The number of fused-ring (bicyclic) bond motifs is 1. The van der Waals surface area contributed by atoms with Crippen LogP contribution in [0.1, 0.15) is 30.4 Å². The van der Waals surface area contributed by atoms with Gasteiger partial charge in [-0.1, -0.05) is 6.42 Å². The summed E-state index contributed by atoms with van der Waals surface area (Å²) < 4.78 is 17.2. The highest BCUT2D eigenvalue weighted by Crippen LogP contribution is 2.38. The van der Waals surface area contributed by atoms with E-state index in [2.05, 4.69) is 27.7 Å². The molecular weight excluding hydrogens is 436 g/mol. The Hall–Kier alpha value is -3.10. The Morgan fingerprint density at radius 3 is 2.36 bits per heavy atom. The number of aromatic nitrogens is 1. The van der Waals surface area contributed by atoms with Gasteiger partial charge in [0.2, 0.25) is 0 Å². The summed E-state index contributed by atoms with van der Waals surface area (Å²) in [7, 11) is 3.23. The van der Waals surface area contributed by atoms with Crippen LogP contribution in [-0.2, 0) is 0 Å². The first-order valence-electron chi connectivity index (χ1n) is 11.1. The SMILES string of the molecule is COc1cc2nccc(Oc3ccc(NC(=S)NN4CCCCC4)c(C)c3C)c2cc1OC. The van der Waals surface area contributed by atoms with Gasteiger partial charge in [-0.3, -0.25) is 10.4 Å². The summed E-state index contributed by atoms with van der Waals surface area (Å²) in [5, 5.41) is 6.96. The molecule has 2 heterocycles. The average Bonchev–Trinajstić information content (AvgIpc) is 2.83. The molecule has 1 fully saturated rings. The standard InChI is InChI=1S/C25H30N4O3S/c1-16-17(2)21(9-8-19(16)27-25(33)28-29-12-6-5-7-13-29)32-22-10-11-26-20-15-24(31-4)23(30-3)14-18(20)22/h8-11,14-15H,5-7,12-13H2,1-4H3,(H2,27,28,33). The zero-order valence-electron chi connectivity index (χ0n) is 19.5. The highest BCUT2D eigenvalue weighted by molar-refractivity contribution is 7.80. The zero-order chi connectivity index (χ0) is 23.4. The van der Waals surface area contributed by atoms with Crippen molar-refractivity contribution in [3.8, 4) is 23.0 Å². The van der Waals surface area contributed by atoms with Crippen molar-refractivity contribution in [3.05, 3.63) is 47.7 Å².